The summed E-state index contributed by atoms with van der Waals surface area (Å²) in [5, 5.41) is 21.3. The number of ether oxygens (including phenoxy) is 2. The largest absolute Gasteiger partial charge is 0.743 e. The normalized spacial score (nSPS) is 16.6. The smallest absolute Gasteiger partial charge is 0.367 e. The molecule has 0 N–H and O–H groups in total. The number of carbonyl (C=O) groups excluding carboxylic acids is 4. The minimum absolute atomic E-state index is 0.0475. The highest BCUT2D eigenvalue weighted by atomic mass is 32.2. The summed E-state index contributed by atoms with van der Waals surface area (Å²) in [4.78, 5) is 46.6. The number of rotatable bonds is 18. The van der Waals surface area contributed by atoms with E-state index in [1.807, 2.05) is 66.7 Å². The summed E-state index contributed by atoms with van der Waals surface area (Å²) in [6.45, 7) is 2.45. The average molecular weight is 866 g/mol. The van der Waals surface area contributed by atoms with Crippen molar-refractivity contribution in [3.05, 3.63) is 71.8 Å². The maximum absolute atomic E-state index is 13.0. The maximum Gasteiger partial charge on any atom is 0.367 e. The predicted octanol–water partition coefficient (Wildman–Crippen LogP) is 6.37. The van der Waals surface area contributed by atoms with Crippen LogP contribution in [0.1, 0.15) is 92.9 Å². The van der Waals surface area contributed by atoms with E-state index in [1.165, 1.54) is 62.5 Å². The Morgan fingerprint density at radius 1 is 0.724 bits per heavy atom. The van der Waals surface area contributed by atoms with Crippen LogP contribution < -0.4 is 0 Å². The number of nitriles is 2. The molecule has 58 heavy (non-hydrogen) atoms. The summed E-state index contributed by atoms with van der Waals surface area (Å²) in [5.41, 5.74) is -1.34. The highest BCUT2D eigenvalue weighted by molar-refractivity contribution is 7.98. The van der Waals surface area contributed by atoms with Crippen molar-refractivity contribution in [3.63, 3.8) is 0 Å². The molecule has 13 nitrogen and oxygen atoms in total. The van der Waals surface area contributed by atoms with E-state index in [-0.39, 0.29) is 25.9 Å². The molecular formula is C40H51F2N4O9S3+. The van der Waals surface area contributed by atoms with Gasteiger partial charge < -0.3 is 14.0 Å². The number of hydrogen-bond acceptors (Lipinski definition) is 13. The minimum Gasteiger partial charge on any atom is -0.743 e. The van der Waals surface area contributed by atoms with Crippen molar-refractivity contribution in [3.8, 4) is 12.1 Å². The Morgan fingerprint density at radius 2 is 1.09 bits per heavy atom. The lowest BCUT2D eigenvalue weighted by atomic mass is 9.97. The Labute approximate surface area is 345 Å². The van der Waals surface area contributed by atoms with Crippen LogP contribution in [0.3, 0.4) is 0 Å². The van der Waals surface area contributed by atoms with Crippen molar-refractivity contribution in [1.29, 1.82) is 10.5 Å². The van der Waals surface area contributed by atoms with Gasteiger partial charge in [0.1, 0.15) is 23.0 Å². The molecule has 2 aromatic rings. The molecular weight excluding hydrogens is 815 g/mol. The maximum atomic E-state index is 13.0. The number of Topliss-reactive ketones (excluding diaryl/α,β-unsaturated/α-hetero) is 2. The van der Waals surface area contributed by atoms with Crippen LogP contribution in [-0.4, -0.2) is 101 Å². The summed E-state index contributed by atoms with van der Waals surface area (Å²) in [7, 11) is -5.21. The third kappa shape index (κ3) is 18.6. The highest BCUT2D eigenvalue weighted by Crippen LogP contribution is 2.25. The van der Waals surface area contributed by atoms with E-state index in [0.29, 0.717) is 33.4 Å². The van der Waals surface area contributed by atoms with Gasteiger partial charge in [0.2, 0.25) is 11.6 Å². The van der Waals surface area contributed by atoms with Gasteiger partial charge in [-0.3, -0.25) is 19.2 Å². The van der Waals surface area contributed by atoms with Gasteiger partial charge in [0.15, 0.2) is 39.3 Å². The first kappa shape index (κ1) is 49.9. The number of hydrogen-bond donors (Lipinski definition) is 0. The third-order valence-corrected chi connectivity index (χ3v) is 14.4. The van der Waals surface area contributed by atoms with E-state index < -0.39 is 51.4 Å². The molecule has 0 spiro atoms. The molecule has 0 saturated carbocycles. The number of ketones is 2. The summed E-state index contributed by atoms with van der Waals surface area (Å²) >= 11 is 0. The van der Waals surface area contributed by atoms with E-state index in [4.69, 9.17) is 4.74 Å². The van der Waals surface area contributed by atoms with Gasteiger partial charge in [-0.15, -0.1) is 0 Å². The molecule has 2 heterocycles. The lowest BCUT2D eigenvalue weighted by Crippen LogP contribution is -2.35. The van der Waals surface area contributed by atoms with Gasteiger partial charge in [0, 0.05) is 24.0 Å². The number of esters is 2. The van der Waals surface area contributed by atoms with Crippen LogP contribution in [-0.2, 0) is 51.0 Å². The minimum atomic E-state index is -6.00. The molecule has 2 atom stereocenters. The van der Waals surface area contributed by atoms with Crippen LogP contribution in [0.15, 0.2) is 70.9 Å². The fourth-order valence-electron chi connectivity index (χ4n) is 5.21. The molecule has 2 fully saturated rings. The van der Waals surface area contributed by atoms with E-state index in [2.05, 4.69) is 15.0 Å². The number of azo groups is 1. The van der Waals surface area contributed by atoms with Gasteiger partial charge in [0.05, 0.1) is 18.7 Å². The van der Waals surface area contributed by atoms with Crippen LogP contribution in [0.5, 0.6) is 0 Å². The van der Waals surface area contributed by atoms with E-state index in [0.717, 1.165) is 22.6 Å². The van der Waals surface area contributed by atoms with E-state index in [9.17, 15) is 51.5 Å². The van der Waals surface area contributed by atoms with Gasteiger partial charge in [-0.05, 0) is 81.1 Å². The predicted molar refractivity (Wildman–Crippen MR) is 218 cm³/mol. The number of halogens is 2. The molecule has 2 saturated heterocycles. The fourth-order valence-corrected chi connectivity index (χ4v) is 9.93. The number of alkyl halides is 2. The van der Waals surface area contributed by atoms with Crippen molar-refractivity contribution in [1.82, 2.24) is 0 Å². The van der Waals surface area contributed by atoms with Crippen molar-refractivity contribution in [2.24, 2.45) is 10.2 Å². The first-order chi connectivity index (χ1) is 27.4. The van der Waals surface area contributed by atoms with Gasteiger partial charge in [0.25, 0.3) is 0 Å². The SMILES string of the molecule is CCOC(=O)CCC(C)(C#N)N=NC(C)(C#N)CCC(=O)OCC(F)(F)S(=O)(=O)[O-].O=C(C[S+]1CCCC1)c1ccccc1.O=C(C[S+]1CCCC1)c1ccccc1. The summed E-state index contributed by atoms with van der Waals surface area (Å²) in [6.07, 6.45) is 4.15. The Kier molecular flexibility index (Phi) is 21.2. The second kappa shape index (κ2) is 24.6. The van der Waals surface area contributed by atoms with Gasteiger partial charge in [-0.25, -0.2) is 8.42 Å². The molecule has 0 amide bonds. The van der Waals surface area contributed by atoms with Crippen LogP contribution >= 0.6 is 0 Å². The zero-order valence-corrected chi connectivity index (χ0v) is 35.5. The van der Waals surface area contributed by atoms with Gasteiger partial charge >= 0.3 is 17.2 Å². The van der Waals surface area contributed by atoms with Crippen LogP contribution in [0.25, 0.3) is 0 Å². The molecule has 0 bridgehead atoms. The van der Waals surface area contributed by atoms with E-state index in [1.54, 1.807) is 13.0 Å². The molecule has 0 radical (unpaired) electrons. The van der Waals surface area contributed by atoms with Crippen LogP contribution in [0.2, 0.25) is 0 Å². The standard InChI is InChI=1S/C16H22F2N4O7S.2C12H15OS/c1-4-28-12(23)5-7-14(2,9-19)21-22-15(3,10-20)8-6-13(24)29-11-16(17,18)30(25,26)27;2*13-12(10-14-8-4-5-9-14)11-6-2-1-3-7-11/h4-8,11H2,1-3H3,(H,25,26,27);2*1-3,6-7H,4-5,8-10H2/q;2*+1/p-1. The molecule has 316 valence electrons. The van der Waals surface area contributed by atoms with Crippen LogP contribution in [0.4, 0.5) is 8.78 Å². The lowest BCUT2D eigenvalue weighted by molar-refractivity contribution is -0.150. The van der Waals surface area contributed by atoms with Gasteiger partial charge in [-0.1, -0.05) is 60.7 Å². The second-order valence-corrected chi connectivity index (χ2v) is 20.0. The van der Waals surface area contributed by atoms with Crippen molar-refractivity contribution >= 4 is 55.4 Å². The molecule has 2 aliphatic heterocycles. The van der Waals surface area contributed by atoms with Crippen molar-refractivity contribution < 1.29 is 50.4 Å². The first-order valence-electron chi connectivity index (χ1n) is 18.7. The molecule has 0 aliphatic carbocycles. The number of carbonyl (C=O) groups is 4. The number of nitrogens with zero attached hydrogens (tertiary/aromatic N) is 4. The summed E-state index contributed by atoms with van der Waals surface area (Å²) in [5.74, 6) is 5.49. The Bertz CT molecular complexity index is 1800. The highest BCUT2D eigenvalue weighted by Gasteiger charge is 2.39. The van der Waals surface area contributed by atoms with Crippen LogP contribution in [0, 0.1) is 22.7 Å². The Balaban J connectivity index is 0.000000338. The van der Waals surface area contributed by atoms with E-state index >= 15 is 0 Å². The Morgan fingerprint density at radius 3 is 1.41 bits per heavy atom. The third-order valence-electron chi connectivity index (χ3n) is 8.77. The Hall–Kier alpha value is -4.23. The number of benzene rings is 2. The fraction of sp³-hybridized carbons (Fsp3) is 0.550. The van der Waals surface area contributed by atoms with Crippen molar-refractivity contribution in [2.75, 3.05) is 47.7 Å². The molecule has 0 aromatic heterocycles. The molecule has 2 aliphatic rings. The second-order valence-electron chi connectivity index (χ2n) is 13.9. The topological polar surface area (TPSA) is 216 Å². The summed E-state index contributed by atoms with van der Waals surface area (Å²) < 4.78 is 65.8. The molecule has 2 unspecified atom stereocenters. The molecule has 18 heteroatoms. The zero-order valence-electron chi connectivity index (χ0n) is 33.0. The van der Waals surface area contributed by atoms with Gasteiger partial charge in [-0.2, -0.15) is 29.5 Å². The van der Waals surface area contributed by atoms with Crippen molar-refractivity contribution in [2.45, 2.75) is 88.5 Å². The zero-order chi connectivity index (χ0) is 43.2. The monoisotopic (exact) mass is 865 g/mol. The first-order valence-corrected chi connectivity index (χ1v) is 23.6. The quantitative estimate of drug-likeness (QED) is 0.0527. The molecule has 2 aromatic carbocycles. The average Bonchev–Trinajstić information content (AvgIpc) is 3.94. The summed E-state index contributed by atoms with van der Waals surface area (Å²) in [6, 6.07) is 22.9. The lowest BCUT2D eigenvalue weighted by Gasteiger charge is -2.20. The molecule has 4 rings (SSSR count).